The molecule has 0 aliphatic carbocycles. The Morgan fingerprint density at radius 2 is 1.86 bits per heavy atom. The molecule has 0 spiro atoms. The van der Waals surface area contributed by atoms with Crippen LogP contribution in [0.3, 0.4) is 0 Å². The van der Waals surface area contributed by atoms with Crippen molar-refractivity contribution < 1.29 is 19.0 Å². The number of furan rings is 1. The Hall–Kier alpha value is -1.78. The number of aliphatic hydroxyl groups is 1. The van der Waals surface area contributed by atoms with Gasteiger partial charge in [0.25, 0.3) is 0 Å². The summed E-state index contributed by atoms with van der Waals surface area (Å²) < 4.78 is 16.1. The molecule has 1 aromatic carbocycles. The first-order chi connectivity index (χ1) is 13.4. The molecule has 1 aromatic heterocycles. The third kappa shape index (κ3) is 8.63. The second-order valence-corrected chi connectivity index (χ2v) is 6.72. The third-order valence-corrected chi connectivity index (χ3v) is 4.11. The maximum absolute atomic E-state index is 10.7. The number of aryl methyl sites for hydroxylation is 1. The van der Waals surface area contributed by atoms with E-state index in [1.165, 1.54) is 0 Å². The monoisotopic (exact) mass is 517 g/mol. The number of halogens is 1. The van der Waals surface area contributed by atoms with Crippen LogP contribution in [0.4, 0.5) is 0 Å². The van der Waals surface area contributed by atoms with E-state index in [1.807, 2.05) is 44.2 Å². The predicted molar refractivity (Wildman–Crippen MR) is 125 cm³/mol. The summed E-state index contributed by atoms with van der Waals surface area (Å²) >= 11 is 0. The molecular weight excluding hydrogens is 485 g/mol. The standard InChI is InChI=1S/C21H31N3O4.HI/c1-5-22-20(24-15-21(3,25)19-11-6-16(2)28-19)23-14-17-7-9-18(10-8-17)27-13-12-26-4;/h6-11,25H,5,12-15H2,1-4H3,(H2,22,23,24);1H. The van der Waals surface area contributed by atoms with Gasteiger partial charge in [0.2, 0.25) is 0 Å². The highest BCUT2D eigenvalue weighted by atomic mass is 127. The molecule has 0 aliphatic heterocycles. The van der Waals surface area contributed by atoms with Crippen LogP contribution in [0.5, 0.6) is 5.75 Å². The number of hydrogen-bond acceptors (Lipinski definition) is 5. The lowest BCUT2D eigenvalue weighted by atomic mass is 10.0. The minimum atomic E-state index is -1.13. The first-order valence-corrected chi connectivity index (χ1v) is 9.46. The van der Waals surface area contributed by atoms with Crippen molar-refractivity contribution in [2.75, 3.05) is 33.4 Å². The average molecular weight is 517 g/mol. The van der Waals surface area contributed by atoms with Gasteiger partial charge < -0.3 is 29.6 Å². The Balaban J connectivity index is 0.00000420. The number of guanidine groups is 1. The van der Waals surface area contributed by atoms with Crippen molar-refractivity contribution in [1.82, 2.24) is 10.6 Å². The molecule has 7 nitrogen and oxygen atoms in total. The molecule has 162 valence electrons. The van der Waals surface area contributed by atoms with Crippen LogP contribution in [0.15, 0.2) is 45.8 Å². The first kappa shape index (κ1) is 25.3. The van der Waals surface area contributed by atoms with Crippen LogP contribution in [-0.4, -0.2) is 44.5 Å². The van der Waals surface area contributed by atoms with E-state index in [9.17, 15) is 5.11 Å². The van der Waals surface area contributed by atoms with Gasteiger partial charge in [-0.2, -0.15) is 0 Å². The van der Waals surface area contributed by atoms with E-state index in [2.05, 4.69) is 15.6 Å². The van der Waals surface area contributed by atoms with Crippen LogP contribution >= 0.6 is 24.0 Å². The molecule has 1 unspecified atom stereocenters. The van der Waals surface area contributed by atoms with Gasteiger partial charge in [0.05, 0.1) is 19.7 Å². The van der Waals surface area contributed by atoms with Gasteiger partial charge in [-0.25, -0.2) is 4.99 Å². The smallest absolute Gasteiger partial charge is 0.191 e. The van der Waals surface area contributed by atoms with E-state index < -0.39 is 5.60 Å². The Labute approximate surface area is 189 Å². The van der Waals surface area contributed by atoms with Crippen LogP contribution < -0.4 is 15.4 Å². The molecule has 1 heterocycles. The minimum Gasteiger partial charge on any atom is -0.491 e. The average Bonchev–Trinajstić information content (AvgIpc) is 3.13. The van der Waals surface area contributed by atoms with E-state index in [0.717, 1.165) is 23.6 Å². The number of nitrogens with one attached hydrogen (secondary N) is 2. The van der Waals surface area contributed by atoms with Crippen LogP contribution in [0, 0.1) is 6.92 Å². The topological polar surface area (TPSA) is 88.3 Å². The zero-order chi connectivity index (χ0) is 20.4. The highest BCUT2D eigenvalue weighted by Gasteiger charge is 2.27. The Bertz CT molecular complexity index is 745. The van der Waals surface area contributed by atoms with E-state index in [4.69, 9.17) is 13.9 Å². The molecule has 0 saturated heterocycles. The summed E-state index contributed by atoms with van der Waals surface area (Å²) in [6.45, 7) is 8.16. The van der Waals surface area contributed by atoms with Gasteiger partial charge in [0.1, 0.15) is 29.5 Å². The van der Waals surface area contributed by atoms with Crippen molar-refractivity contribution in [1.29, 1.82) is 0 Å². The number of rotatable bonds is 10. The van der Waals surface area contributed by atoms with Crippen molar-refractivity contribution in [2.45, 2.75) is 32.9 Å². The number of hydrogen-bond donors (Lipinski definition) is 3. The highest BCUT2D eigenvalue weighted by molar-refractivity contribution is 14.0. The van der Waals surface area contributed by atoms with E-state index in [-0.39, 0.29) is 30.5 Å². The number of benzene rings is 1. The summed E-state index contributed by atoms with van der Waals surface area (Å²) in [6.07, 6.45) is 0. The second kappa shape index (κ2) is 12.7. The van der Waals surface area contributed by atoms with Gasteiger partial charge >= 0.3 is 0 Å². The van der Waals surface area contributed by atoms with Crippen molar-refractivity contribution in [2.24, 2.45) is 4.99 Å². The van der Waals surface area contributed by atoms with Crippen molar-refractivity contribution in [3.05, 3.63) is 53.5 Å². The van der Waals surface area contributed by atoms with Crippen molar-refractivity contribution in [3.8, 4) is 5.75 Å². The molecule has 0 fully saturated rings. The first-order valence-electron chi connectivity index (χ1n) is 9.46. The van der Waals surface area contributed by atoms with Gasteiger partial charge in [-0.1, -0.05) is 12.1 Å². The zero-order valence-electron chi connectivity index (χ0n) is 17.5. The quantitative estimate of drug-likeness (QED) is 0.194. The summed E-state index contributed by atoms with van der Waals surface area (Å²) in [5.41, 5.74) is -0.0734. The number of aliphatic imine (C=N–C) groups is 1. The van der Waals surface area contributed by atoms with Crippen LogP contribution in [0.1, 0.15) is 30.9 Å². The normalized spacial score (nSPS) is 13.3. The molecule has 29 heavy (non-hydrogen) atoms. The largest absolute Gasteiger partial charge is 0.491 e. The number of ether oxygens (including phenoxy) is 2. The molecule has 0 saturated carbocycles. The molecule has 3 N–H and O–H groups in total. The summed E-state index contributed by atoms with van der Waals surface area (Å²) in [5.74, 6) is 2.73. The van der Waals surface area contributed by atoms with Crippen LogP contribution in [0.25, 0.3) is 0 Å². The Morgan fingerprint density at radius 3 is 2.45 bits per heavy atom. The van der Waals surface area contributed by atoms with Crippen molar-refractivity contribution in [3.63, 3.8) is 0 Å². The lowest BCUT2D eigenvalue weighted by Crippen LogP contribution is -2.44. The fourth-order valence-corrected chi connectivity index (χ4v) is 2.51. The van der Waals surface area contributed by atoms with E-state index >= 15 is 0 Å². The third-order valence-electron chi connectivity index (χ3n) is 4.11. The van der Waals surface area contributed by atoms with E-state index in [0.29, 0.717) is 31.5 Å². The molecule has 0 amide bonds. The number of methoxy groups -OCH3 is 1. The summed E-state index contributed by atoms with van der Waals surface area (Å²) in [4.78, 5) is 4.58. The second-order valence-electron chi connectivity index (χ2n) is 6.72. The van der Waals surface area contributed by atoms with Gasteiger partial charge in [0, 0.05) is 13.7 Å². The van der Waals surface area contributed by atoms with E-state index in [1.54, 1.807) is 20.1 Å². The lowest BCUT2D eigenvalue weighted by Gasteiger charge is -2.22. The molecule has 2 aromatic rings. The Kier molecular flexibility index (Phi) is 11.1. The summed E-state index contributed by atoms with van der Waals surface area (Å²) in [7, 11) is 1.65. The minimum absolute atomic E-state index is 0. The highest BCUT2D eigenvalue weighted by Crippen LogP contribution is 2.21. The fourth-order valence-electron chi connectivity index (χ4n) is 2.51. The zero-order valence-corrected chi connectivity index (χ0v) is 19.9. The summed E-state index contributed by atoms with van der Waals surface area (Å²) in [5, 5.41) is 17.0. The maximum Gasteiger partial charge on any atom is 0.191 e. The Morgan fingerprint density at radius 1 is 1.14 bits per heavy atom. The molecule has 8 heteroatoms. The molecule has 1 atom stereocenters. The van der Waals surface area contributed by atoms with Crippen LogP contribution in [-0.2, 0) is 16.9 Å². The number of nitrogens with zero attached hydrogens (tertiary/aromatic N) is 1. The molecule has 0 bridgehead atoms. The van der Waals surface area contributed by atoms with Crippen molar-refractivity contribution >= 4 is 29.9 Å². The molecule has 2 rings (SSSR count). The SMILES string of the molecule is CCNC(=NCc1ccc(OCCOC)cc1)NCC(C)(O)c1ccc(C)o1.I. The predicted octanol–water partition coefficient (Wildman–Crippen LogP) is 3.19. The molecular formula is C21H32IN3O4. The summed E-state index contributed by atoms with van der Waals surface area (Å²) in [6, 6.07) is 11.4. The van der Waals surface area contributed by atoms with Gasteiger partial charge in [-0.05, 0) is 50.6 Å². The van der Waals surface area contributed by atoms with Gasteiger partial charge in [-0.3, -0.25) is 0 Å². The molecule has 0 aliphatic rings. The van der Waals surface area contributed by atoms with Crippen LogP contribution in [0.2, 0.25) is 0 Å². The maximum atomic E-state index is 10.7. The van der Waals surface area contributed by atoms with Gasteiger partial charge in [0.15, 0.2) is 5.96 Å². The lowest BCUT2D eigenvalue weighted by molar-refractivity contribution is 0.0378. The fraction of sp³-hybridized carbons (Fsp3) is 0.476. The van der Waals surface area contributed by atoms with Gasteiger partial charge in [-0.15, -0.1) is 24.0 Å². The molecule has 0 radical (unpaired) electrons.